The van der Waals surface area contributed by atoms with Crippen LogP contribution in [0.4, 0.5) is 5.69 Å². The molecule has 5 heteroatoms. The fourth-order valence-corrected chi connectivity index (χ4v) is 1.19. The van der Waals surface area contributed by atoms with E-state index in [9.17, 15) is 4.79 Å². The Morgan fingerprint density at radius 1 is 1.46 bits per heavy atom. The smallest absolute Gasteiger partial charge is 0.308 e. The van der Waals surface area contributed by atoms with E-state index in [0.717, 1.165) is 0 Å². The minimum absolute atomic E-state index is 0.155. The van der Waals surface area contributed by atoms with Gasteiger partial charge in [-0.2, -0.15) is 0 Å². The number of benzene rings is 1. The zero-order valence-corrected chi connectivity index (χ0v) is 8.32. The Hall–Kier alpha value is -0.930. The summed E-state index contributed by atoms with van der Waals surface area (Å²) < 4.78 is 4.77. The molecule has 0 heterocycles. The molecular formula is C8H7Cl2NO2. The lowest BCUT2D eigenvalue weighted by molar-refractivity contribution is -0.131. The zero-order chi connectivity index (χ0) is 10.0. The van der Waals surface area contributed by atoms with Gasteiger partial charge < -0.3 is 10.5 Å². The number of rotatable bonds is 1. The Morgan fingerprint density at radius 3 is 2.62 bits per heavy atom. The number of ether oxygens (including phenoxy) is 1. The largest absolute Gasteiger partial charge is 0.425 e. The summed E-state index contributed by atoms with van der Waals surface area (Å²) in [5, 5.41) is 0.489. The van der Waals surface area contributed by atoms with Gasteiger partial charge in [0.15, 0.2) is 5.75 Å². The van der Waals surface area contributed by atoms with Crippen molar-refractivity contribution in [2.45, 2.75) is 6.92 Å². The number of anilines is 1. The van der Waals surface area contributed by atoms with Gasteiger partial charge in [-0.25, -0.2) is 0 Å². The Balaban J connectivity index is 3.10. The normalized spacial score (nSPS) is 9.77. The molecule has 0 saturated heterocycles. The lowest BCUT2D eigenvalue weighted by atomic mass is 10.3. The summed E-state index contributed by atoms with van der Waals surface area (Å²) in [6.45, 7) is 1.28. The van der Waals surface area contributed by atoms with Gasteiger partial charge in [-0.05, 0) is 12.1 Å². The highest BCUT2D eigenvalue weighted by Gasteiger charge is 2.09. The van der Waals surface area contributed by atoms with E-state index in [0.29, 0.717) is 5.02 Å². The van der Waals surface area contributed by atoms with Crippen LogP contribution in [0.5, 0.6) is 5.75 Å². The third-order valence-electron chi connectivity index (χ3n) is 1.34. The Kier molecular flexibility index (Phi) is 3.01. The molecular weight excluding hydrogens is 213 g/mol. The summed E-state index contributed by atoms with van der Waals surface area (Å²) in [6.07, 6.45) is 0. The molecule has 0 saturated carbocycles. The molecule has 13 heavy (non-hydrogen) atoms. The maximum Gasteiger partial charge on any atom is 0.308 e. The Morgan fingerprint density at radius 2 is 2.08 bits per heavy atom. The first-order valence-corrected chi connectivity index (χ1v) is 4.20. The molecule has 0 bridgehead atoms. The van der Waals surface area contributed by atoms with Gasteiger partial charge in [0.1, 0.15) is 5.02 Å². The summed E-state index contributed by atoms with van der Waals surface area (Å²) in [5.41, 5.74) is 5.71. The molecule has 1 aromatic carbocycles. The predicted octanol–water partition coefficient (Wildman–Crippen LogP) is 2.50. The number of nitrogen functional groups attached to an aromatic ring is 1. The zero-order valence-electron chi connectivity index (χ0n) is 6.80. The minimum Gasteiger partial charge on any atom is -0.425 e. The molecule has 0 amide bonds. The van der Waals surface area contributed by atoms with Crippen molar-refractivity contribution in [2.24, 2.45) is 0 Å². The van der Waals surface area contributed by atoms with Gasteiger partial charge in [-0.3, -0.25) is 4.79 Å². The number of hydrogen-bond donors (Lipinski definition) is 1. The van der Waals surface area contributed by atoms with Crippen molar-refractivity contribution in [1.29, 1.82) is 0 Å². The third-order valence-corrected chi connectivity index (χ3v) is 2.06. The average molecular weight is 220 g/mol. The lowest BCUT2D eigenvalue weighted by Gasteiger charge is -2.06. The van der Waals surface area contributed by atoms with Gasteiger partial charge in [0.05, 0.1) is 10.7 Å². The fraction of sp³-hybridized carbons (Fsp3) is 0.125. The van der Waals surface area contributed by atoms with Crippen molar-refractivity contribution in [3.63, 3.8) is 0 Å². The maximum absolute atomic E-state index is 10.6. The number of carbonyl (C=O) groups excluding carboxylic acids is 1. The van der Waals surface area contributed by atoms with Crippen molar-refractivity contribution in [3.8, 4) is 5.75 Å². The molecule has 0 aliphatic heterocycles. The van der Waals surface area contributed by atoms with Crippen molar-refractivity contribution in [1.82, 2.24) is 0 Å². The topological polar surface area (TPSA) is 52.3 Å². The van der Waals surface area contributed by atoms with Crippen LogP contribution < -0.4 is 10.5 Å². The summed E-state index contributed by atoms with van der Waals surface area (Å²) in [6, 6.07) is 3.00. The molecule has 0 aromatic heterocycles. The van der Waals surface area contributed by atoms with Crippen LogP contribution in [0.25, 0.3) is 0 Å². The van der Waals surface area contributed by atoms with Gasteiger partial charge >= 0.3 is 5.97 Å². The average Bonchev–Trinajstić information content (AvgIpc) is 2.06. The van der Waals surface area contributed by atoms with Crippen LogP contribution in [0.2, 0.25) is 10.0 Å². The molecule has 0 aliphatic rings. The molecule has 1 aromatic rings. The van der Waals surface area contributed by atoms with Gasteiger partial charge in [-0.15, -0.1) is 0 Å². The van der Waals surface area contributed by atoms with E-state index in [-0.39, 0.29) is 16.5 Å². The highest BCUT2D eigenvalue weighted by Crippen LogP contribution is 2.35. The van der Waals surface area contributed by atoms with Crippen LogP contribution >= 0.6 is 23.2 Å². The predicted molar refractivity (Wildman–Crippen MR) is 52.2 cm³/mol. The van der Waals surface area contributed by atoms with Crippen molar-refractivity contribution in [2.75, 3.05) is 5.73 Å². The second-order valence-corrected chi connectivity index (χ2v) is 3.15. The fourth-order valence-electron chi connectivity index (χ4n) is 0.783. The Labute approximate surface area is 85.4 Å². The van der Waals surface area contributed by atoms with Gasteiger partial charge in [-0.1, -0.05) is 23.2 Å². The maximum atomic E-state index is 10.6. The molecule has 2 N–H and O–H groups in total. The number of nitrogens with two attached hydrogens (primary N) is 1. The number of carbonyl (C=O) groups is 1. The van der Waals surface area contributed by atoms with Crippen molar-refractivity contribution in [3.05, 3.63) is 22.2 Å². The number of esters is 1. The summed E-state index contributed by atoms with van der Waals surface area (Å²) in [5.74, 6) is -0.236. The van der Waals surface area contributed by atoms with Crippen LogP contribution in [0.1, 0.15) is 6.92 Å². The van der Waals surface area contributed by atoms with E-state index in [1.807, 2.05) is 0 Å². The number of halogens is 2. The molecule has 0 radical (unpaired) electrons. The summed E-state index contributed by atoms with van der Waals surface area (Å²) in [7, 11) is 0. The molecule has 0 aliphatic carbocycles. The van der Waals surface area contributed by atoms with Gasteiger partial charge in [0, 0.05) is 6.92 Å². The second kappa shape index (κ2) is 3.85. The first-order valence-electron chi connectivity index (χ1n) is 3.44. The highest BCUT2D eigenvalue weighted by molar-refractivity contribution is 6.39. The van der Waals surface area contributed by atoms with Crippen LogP contribution in [0.15, 0.2) is 12.1 Å². The van der Waals surface area contributed by atoms with Crippen LogP contribution in [0, 0.1) is 0 Å². The van der Waals surface area contributed by atoms with Crippen LogP contribution in [0.3, 0.4) is 0 Å². The van der Waals surface area contributed by atoms with Crippen molar-refractivity contribution >= 4 is 34.9 Å². The third kappa shape index (κ3) is 2.26. The minimum atomic E-state index is -0.455. The standard InChI is InChI=1S/C8H7Cl2NO2/c1-4(12)13-6-3-2-5(9)8(11)7(6)10/h2-3H,11H2,1H3. The summed E-state index contributed by atoms with van der Waals surface area (Å²) in [4.78, 5) is 10.6. The first kappa shape index (κ1) is 10.2. The van der Waals surface area contributed by atoms with Crippen LogP contribution in [-0.2, 0) is 4.79 Å². The van der Waals surface area contributed by atoms with Crippen LogP contribution in [-0.4, -0.2) is 5.97 Å². The second-order valence-electron chi connectivity index (χ2n) is 2.37. The Bertz CT molecular complexity index is 352. The van der Waals surface area contributed by atoms with E-state index >= 15 is 0 Å². The monoisotopic (exact) mass is 219 g/mol. The molecule has 70 valence electrons. The number of hydrogen-bond acceptors (Lipinski definition) is 3. The van der Waals surface area contributed by atoms with E-state index in [1.165, 1.54) is 19.1 Å². The van der Waals surface area contributed by atoms with E-state index in [1.54, 1.807) is 0 Å². The quantitative estimate of drug-likeness (QED) is 0.449. The highest BCUT2D eigenvalue weighted by atomic mass is 35.5. The summed E-state index contributed by atoms with van der Waals surface area (Å²) >= 11 is 11.4. The molecule has 0 atom stereocenters. The lowest BCUT2D eigenvalue weighted by Crippen LogP contribution is -2.02. The van der Waals surface area contributed by atoms with E-state index < -0.39 is 5.97 Å². The first-order chi connectivity index (χ1) is 6.02. The molecule has 0 unspecified atom stereocenters. The van der Waals surface area contributed by atoms with Gasteiger partial charge in [0.2, 0.25) is 0 Å². The molecule has 1 rings (SSSR count). The van der Waals surface area contributed by atoms with E-state index in [2.05, 4.69) is 0 Å². The molecule has 0 fully saturated rings. The molecule has 3 nitrogen and oxygen atoms in total. The van der Waals surface area contributed by atoms with Crippen molar-refractivity contribution < 1.29 is 9.53 Å². The molecule has 0 spiro atoms. The van der Waals surface area contributed by atoms with E-state index in [4.69, 9.17) is 33.7 Å². The van der Waals surface area contributed by atoms with Gasteiger partial charge in [0.25, 0.3) is 0 Å². The SMILES string of the molecule is CC(=O)Oc1ccc(Cl)c(N)c1Cl.